The van der Waals surface area contributed by atoms with Crippen LogP contribution in [0.5, 0.6) is 0 Å². The first-order chi connectivity index (χ1) is 11.9. The highest BCUT2D eigenvalue weighted by Gasteiger charge is 2.36. The third-order valence-electron chi connectivity index (χ3n) is 3.91. The van der Waals surface area contributed by atoms with E-state index < -0.39 is 11.2 Å². The normalized spacial score (nSPS) is 15.5. The molecule has 0 bridgehead atoms. The molecule has 0 aliphatic carbocycles. The molecule has 134 valence electrons. The summed E-state index contributed by atoms with van der Waals surface area (Å²) in [4.78, 5) is 19.7. The molecule has 0 radical (unpaired) electrons. The zero-order valence-corrected chi connectivity index (χ0v) is 14.1. The molecule has 0 spiro atoms. The van der Waals surface area contributed by atoms with Gasteiger partial charge in [-0.2, -0.15) is 13.2 Å². The number of carbonyl (C=O) groups is 1. The van der Waals surface area contributed by atoms with Crippen LogP contribution in [0.2, 0.25) is 0 Å². The lowest BCUT2D eigenvalue weighted by Crippen LogP contribution is -2.48. The number of aryl methyl sites for hydroxylation is 1. The smallest absolute Gasteiger partial charge is 0.343 e. The second-order valence-corrected chi connectivity index (χ2v) is 6.57. The molecular weight excluding hydrogens is 355 g/mol. The van der Waals surface area contributed by atoms with E-state index in [2.05, 4.69) is 15.2 Å². The Kier molecular flexibility index (Phi) is 5.16. The van der Waals surface area contributed by atoms with E-state index in [-0.39, 0.29) is 11.0 Å². The fraction of sp³-hybridized carbons (Fsp3) is 0.467. The van der Waals surface area contributed by atoms with Crippen molar-refractivity contribution < 1.29 is 18.0 Å². The average molecular weight is 371 g/mol. The van der Waals surface area contributed by atoms with Gasteiger partial charge in [0.25, 0.3) is 0 Å². The van der Waals surface area contributed by atoms with Gasteiger partial charge in [0.05, 0.1) is 0 Å². The van der Waals surface area contributed by atoms with Gasteiger partial charge in [-0.25, -0.2) is 0 Å². The summed E-state index contributed by atoms with van der Waals surface area (Å²) in [6.07, 6.45) is -0.0396. The molecule has 25 heavy (non-hydrogen) atoms. The number of amides is 1. The van der Waals surface area contributed by atoms with Gasteiger partial charge in [-0.1, -0.05) is 17.4 Å². The van der Waals surface area contributed by atoms with Crippen LogP contribution < -0.4 is 4.90 Å². The van der Waals surface area contributed by atoms with Crippen molar-refractivity contribution in [3.05, 3.63) is 35.1 Å². The number of anilines is 1. The molecule has 1 aliphatic heterocycles. The van der Waals surface area contributed by atoms with Crippen LogP contribution in [0.3, 0.4) is 0 Å². The number of pyridine rings is 1. The Balaban J connectivity index is 1.50. The minimum absolute atomic E-state index is 0.0387. The lowest BCUT2D eigenvalue weighted by molar-refractivity contribution is -0.138. The van der Waals surface area contributed by atoms with Crippen LogP contribution in [0.15, 0.2) is 24.5 Å². The van der Waals surface area contributed by atoms with E-state index in [1.54, 1.807) is 22.2 Å². The number of carbonyl (C=O) groups excluding carboxylic acids is 1. The van der Waals surface area contributed by atoms with Gasteiger partial charge in [-0.3, -0.25) is 9.78 Å². The van der Waals surface area contributed by atoms with Crippen LogP contribution in [-0.4, -0.2) is 52.2 Å². The summed E-state index contributed by atoms with van der Waals surface area (Å²) in [6.45, 7) is 1.83. The third-order valence-corrected chi connectivity index (χ3v) is 4.94. The van der Waals surface area contributed by atoms with Crippen molar-refractivity contribution in [3.8, 4) is 0 Å². The summed E-state index contributed by atoms with van der Waals surface area (Å²) in [5, 5.41) is 6.11. The molecule has 0 saturated carbocycles. The van der Waals surface area contributed by atoms with Gasteiger partial charge in [-0.05, 0) is 18.1 Å². The first-order valence-corrected chi connectivity index (χ1v) is 8.57. The van der Waals surface area contributed by atoms with E-state index in [0.29, 0.717) is 50.4 Å². The van der Waals surface area contributed by atoms with Crippen molar-refractivity contribution >= 4 is 22.4 Å². The second-order valence-electron chi connectivity index (χ2n) is 5.62. The summed E-state index contributed by atoms with van der Waals surface area (Å²) in [7, 11) is 0. The predicted octanol–water partition coefficient (Wildman–Crippen LogP) is 2.23. The minimum Gasteiger partial charge on any atom is -0.343 e. The maximum atomic E-state index is 12.6. The van der Waals surface area contributed by atoms with Gasteiger partial charge in [0, 0.05) is 45.0 Å². The van der Waals surface area contributed by atoms with E-state index in [4.69, 9.17) is 0 Å². The van der Waals surface area contributed by atoms with E-state index in [0.717, 1.165) is 5.56 Å². The first kappa shape index (κ1) is 17.6. The van der Waals surface area contributed by atoms with Gasteiger partial charge in [0.15, 0.2) is 0 Å². The SMILES string of the molecule is O=C(CCc1cccnc1)N1CCN(c2nnc(C(F)(F)F)s2)CC1. The fourth-order valence-electron chi connectivity index (χ4n) is 2.56. The molecular formula is C15H16F3N5OS. The molecule has 10 heteroatoms. The quantitative estimate of drug-likeness (QED) is 0.825. The molecule has 6 nitrogen and oxygen atoms in total. The molecule has 0 N–H and O–H groups in total. The Hall–Kier alpha value is -2.23. The Bertz CT molecular complexity index is 713. The number of hydrogen-bond acceptors (Lipinski definition) is 6. The standard InChI is InChI=1S/C15H16F3N5OS/c16-15(17,18)13-20-21-14(25-13)23-8-6-22(7-9-23)12(24)4-3-11-2-1-5-19-10-11/h1-2,5,10H,3-4,6-9H2. The summed E-state index contributed by atoms with van der Waals surface area (Å²) in [5.74, 6) is 0.0387. The summed E-state index contributed by atoms with van der Waals surface area (Å²) >= 11 is 0.532. The van der Waals surface area contributed by atoms with Gasteiger partial charge in [0.1, 0.15) is 0 Å². The number of rotatable bonds is 4. The van der Waals surface area contributed by atoms with Crippen LogP contribution in [0.25, 0.3) is 0 Å². The topological polar surface area (TPSA) is 62.2 Å². The Morgan fingerprint density at radius 2 is 1.96 bits per heavy atom. The molecule has 0 unspecified atom stereocenters. The number of hydrogen-bond donors (Lipinski definition) is 0. The predicted molar refractivity (Wildman–Crippen MR) is 86.3 cm³/mol. The third kappa shape index (κ3) is 4.44. The fourth-order valence-corrected chi connectivity index (χ4v) is 3.32. The van der Waals surface area contributed by atoms with E-state index in [1.165, 1.54) is 0 Å². The van der Waals surface area contributed by atoms with Gasteiger partial charge < -0.3 is 9.80 Å². The number of nitrogens with zero attached hydrogens (tertiary/aromatic N) is 5. The van der Waals surface area contributed by atoms with Gasteiger partial charge in [-0.15, -0.1) is 10.2 Å². The number of halogens is 3. The molecule has 3 rings (SSSR count). The highest BCUT2D eigenvalue weighted by Crippen LogP contribution is 2.34. The lowest BCUT2D eigenvalue weighted by atomic mass is 10.1. The molecule has 0 aromatic carbocycles. The highest BCUT2D eigenvalue weighted by atomic mass is 32.1. The van der Waals surface area contributed by atoms with Crippen molar-refractivity contribution in [2.75, 3.05) is 31.1 Å². The summed E-state index contributed by atoms with van der Waals surface area (Å²) in [5.41, 5.74) is 1.00. The molecule has 2 aromatic heterocycles. The molecule has 0 atom stereocenters. The highest BCUT2D eigenvalue weighted by molar-refractivity contribution is 7.15. The number of aromatic nitrogens is 3. The number of alkyl halides is 3. The molecule has 1 saturated heterocycles. The maximum Gasteiger partial charge on any atom is 0.445 e. The Morgan fingerprint density at radius 1 is 1.20 bits per heavy atom. The van der Waals surface area contributed by atoms with Crippen LogP contribution in [0, 0.1) is 0 Å². The average Bonchev–Trinajstić information content (AvgIpc) is 3.11. The molecule has 1 amide bonds. The van der Waals surface area contributed by atoms with Crippen molar-refractivity contribution in [2.45, 2.75) is 19.0 Å². The lowest BCUT2D eigenvalue weighted by Gasteiger charge is -2.34. The minimum atomic E-state index is -4.47. The molecule has 3 heterocycles. The second kappa shape index (κ2) is 7.34. The maximum absolute atomic E-state index is 12.6. The van der Waals surface area contributed by atoms with Crippen molar-refractivity contribution in [3.63, 3.8) is 0 Å². The van der Waals surface area contributed by atoms with E-state index >= 15 is 0 Å². The first-order valence-electron chi connectivity index (χ1n) is 7.76. The number of piperazine rings is 1. The van der Waals surface area contributed by atoms with Crippen LogP contribution in [0.1, 0.15) is 17.0 Å². The largest absolute Gasteiger partial charge is 0.445 e. The summed E-state index contributed by atoms with van der Waals surface area (Å²) in [6, 6.07) is 3.75. The van der Waals surface area contributed by atoms with Crippen LogP contribution in [0.4, 0.5) is 18.3 Å². The van der Waals surface area contributed by atoms with Gasteiger partial charge >= 0.3 is 6.18 Å². The van der Waals surface area contributed by atoms with Crippen LogP contribution in [-0.2, 0) is 17.4 Å². The Labute approximate surface area is 146 Å². The van der Waals surface area contributed by atoms with Crippen molar-refractivity contribution in [2.24, 2.45) is 0 Å². The van der Waals surface area contributed by atoms with E-state index in [9.17, 15) is 18.0 Å². The zero-order chi connectivity index (χ0) is 17.9. The monoisotopic (exact) mass is 371 g/mol. The molecule has 2 aromatic rings. The Morgan fingerprint density at radius 3 is 2.56 bits per heavy atom. The van der Waals surface area contributed by atoms with Crippen molar-refractivity contribution in [1.29, 1.82) is 0 Å². The zero-order valence-electron chi connectivity index (χ0n) is 13.2. The molecule has 1 aliphatic rings. The molecule has 1 fully saturated rings. The van der Waals surface area contributed by atoms with Crippen molar-refractivity contribution in [1.82, 2.24) is 20.1 Å². The van der Waals surface area contributed by atoms with E-state index in [1.807, 2.05) is 12.1 Å². The summed E-state index contributed by atoms with van der Waals surface area (Å²) < 4.78 is 37.8. The van der Waals surface area contributed by atoms with Crippen LogP contribution >= 0.6 is 11.3 Å². The van der Waals surface area contributed by atoms with Gasteiger partial charge in [0.2, 0.25) is 16.0 Å².